The Kier molecular flexibility index (Phi) is 5.00. The van der Waals surface area contributed by atoms with Gasteiger partial charge in [0.2, 0.25) is 0 Å². The predicted octanol–water partition coefficient (Wildman–Crippen LogP) is 4.39. The molecule has 0 radical (unpaired) electrons. The van der Waals surface area contributed by atoms with Gasteiger partial charge in [0.05, 0.1) is 22.7 Å². The number of carbonyl (C=O) groups is 1. The van der Waals surface area contributed by atoms with Gasteiger partial charge < -0.3 is 4.57 Å². The number of benzene rings is 2. The molecule has 2 aromatic carbocycles. The lowest BCUT2D eigenvalue weighted by molar-refractivity contribution is 0.0959. The molecule has 0 aliphatic rings. The average Bonchev–Trinajstić information content (AvgIpc) is 3.38. The summed E-state index contributed by atoms with van der Waals surface area (Å²) in [5.41, 5.74) is 6.13. The molecular formula is C22H16N4OS. The highest BCUT2D eigenvalue weighted by molar-refractivity contribution is 7.12. The quantitative estimate of drug-likeness (QED) is 0.410. The predicted molar refractivity (Wildman–Crippen MR) is 112 cm³/mol. The van der Waals surface area contributed by atoms with Gasteiger partial charge in [-0.05, 0) is 29.1 Å². The molecule has 0 saturated heterocycles. The summed E-state index contributed by atoms with van der Waals surface area (Å²) in [4.78, 5) is 12.6. The standard InChI is InChI=1S/C22H16N4OS/c23-12-16-6-1-2-7-17(16)14-26-15-18(19-8-3-4-9-20(19)26)13-24-25-22(27)21-10-5-11-28-21/h1-11,13,15H,14H2,(H,25,27)/b24-13+. The number of nitrogens with zero attached hydrogens (tertiary/aromatic N) is 3. The van der Waals surface area contributed by atoms with Crippen LogP contribution in [0.3, 0.4) is 0 Å². The molecule has 0 unspecified atom stereocenters. The molecule has 0 fully saturated rings. The summed E-state index contributed by atoms with van der Waals surface area (Å²) in [6.45, 7) is 0.583. The van der Waals surface area contributed by atoms with Crippen LogP contribution in [0, 0.1) is 11.3 Å². The molecular weight excluding hydrogens is 368 g/mol. The van der Waals surface area contributed by atoms with Crippen LogP contribution < -0.4 is 5.43 Å². The molecule has 2 aromatic heterocycles. The van der Waals surface area contributed by atoms with Crippen molar-refractivity contribution in [2.24, 2.45) is 5.10 Å². The molecule has 0 spiro atoms. The zero-order chi connectivity index (χ0) is 19.3. The minimum absolute atomic E-state index is 0.224. The van der Waals surface area contributed by atoms with Crippen LogP contribution in [0.4, 0.5) is 0 Å². The number of fused-ring (bicyclic) bond motifs is 1. The van der Waals surface area contributed by atoms with E-state index in [-0.39, 0.29) is 5.91 Å². The fourth-order valence-electron chi connectivity index (χ4n) is 3.08. The summed E-state index contributed by atoms with van der Waals surface area (Å²) in [5.74, 6) is -0.224. The van der Waals surface area contributed by atoms with Crippen LogP contribution >= 0.6 is 11.3 Å². The van der Waals surface area contributed by atoms with Gasteiger partial charge in [-0.1, -0.05) is 42.5 Å². The van der Waals surface area contributed by atoms with Gasteiger partial charge in [0.25, 0.3) is 5.91 Å². The van der Waals surface area contributed by atoms with Gasteiger partial charge in [-0.2, -0.15) is 10.4 Å². The van der Waals surface area contributed by atoms with E-state index < -0.39 is 0 Å². The number of amides is 1. The van der Waals surface area contributed by atoms with Crippen molar-refractivity contribution in [2.45, 2.75) is 6.54 Å². The van der Waals surface area contributed by atoms with Crippen molar-refractivity contribution in [3.8, 4) is 6.07 Å². The van der Waals surface area contributed by atoms with Crippen molar-refractivity contribution in [1.82, 2.24) is 9.99 Å². The molecule has 6 heteroatoms. The van der Waals surface area contributed by atoms with E-state index in [9.17, 15) is 10.1 Å². The normalized spacial score (nSPS) is 11.0. The average molecular weight is 384 g/mol. The number of rotatable bonds is 5. The van der Waals surface area contributed by atoms with E-state index in [0.717, 1.165) is 22.0 Å². The van der Waals surface area contributed by atoms with E-state index in [1.54, 1.807) is 12.3 Å². The van der Waals surface area contributed by atoms with Gasteiger partial charge in [-0.3, -0.25) is 4.79 Å². The maximum Gasteiger partial charge on any atom is 0.281 e. The Hall–Kier alpha value is -3.69. The second kappa shape index (κ2) is 7.91. The van der Waals surface area contributed by atoms with E-state index in [4.69, 9.17) is 0 Å². The van der Waals surface area contributed by atoms with Crippen molar-refractivity contribution >= 4 is 34.4 Å². The molecule has 0 bridgehead atoms. The molecule has 1 amide bonds. The number of thiophene rings is 1. The maximum absolute atomic E-state index is 12.0. The molecule has 0 aliphatic heterocycles. The fraction of sp³-hybridized carbons (Fsp3) is 0.0455. The largest absolute Gasteiger partial charge is 0.342 e. The molecule has 4 rings (SSSR count). The first-order valence-corrected chi connectivity index (χ1v) is 9.57. The van der Waals surface area contributed by atoms with Gasteiger partial charge in [0, 0.05) is 29.2 Å². The summed E-state index contributed by atoms with van der Waals surface area (Å²) in [7, 11) is 0. The summed E-state index contributed by atoms with van der Waals surface area (Å²) in [5, 5.41) is 16.3. The third kappa shape index (κ3) is 3.56. The van der Waals surface area contributed by atoms with Gasteiger partial charge in [0.15, 0.2) is 0 Å². The van der Waals surface area contributed by atoms with Crippen LogP contribution in [-0.4, -0.2) is 16.7 Å². The maximum atomic E-state index is 12.0. The van der Waals surface area contributed by atoms with Crippen molar-refractivity contribution in [1.29, 1.82) is 5.26 Å². The molecule has 5 nitrogen and oxygen atoms in total. The van der Waals surface area contributed by atoms with Gasteiger partial charge in [0.1, 0.15) is 0 Å². The van der Waals surface area contributed by atoms with Crippen molar-refractivity contribution < 1.29 is 4.79 Å². The smallest absolute Gasteiger partial charge is 0.281 e. The van der Waals surface area contributed by atoms with E-state index >= 15 is 0 Å². The first kappa shape index (κ1) is 17.7. The lowest BCUT2D eigenvalue weighted by Gasteiger charge is -2.07. The van der Waals surface area contributed by atoms with Crippen LogP contribution in [0.15, 0.2) is 77.3 Å². The number of nitrogens with one attached hydrogen (secondary N) is 1. The molecule has 2 heterocycles. The van der Waals surface area contributed by atoms with E-state index in [2.05, 4.69) is 21.2 Å². The number of aromatic nitrogens is 1. The lowest BCUT2D eigenvalue weighted by Crippen LogP contribution is -2.16. The Bertz CT molecular complexity index is 1200. The molecule has 136 valence electrons. The van der Waals surface area contributed by atoms with Crippen LogP contribution in [0.5, 0.6) is 0 Å². The number of hydrogen-bond donors (Lipinski definition) is 1. The first-order chi connectivity index (χ1) is 13.8. The fourth-order valence-corrected chi connectivity index (χ4v) is 3.70. The van der Waals surface area contributed by atoms with Gasteiger partial charge in [-0.25, -0.2) is 5.43 Å². The number of carbonyl (C=O) groups excluding carboxylic acids is 1. The Morgan fingerprint density at radius 3 is 2.79 bits per heavy atom. The molecule has 0 saturated carbocycles. The number of para-hydroxylation sites is 1. The molecule has 28 heavy (non-hydrogen) atoms. The summed E-state index contributed by atoms with van der Waals surface area (Å²) < 4.78 is 2.09. The van der Waals surface area contributed by atoms with E-state index in [1.807, 2.05) is 66.2 Å². The molecule has 0 aliphatic carbocycles. The van der Waals surface area contributed by atoms with Crippen LogP contribution in [0.2, 0.25) is 0 Å². The minimum Gasteiger partial charge on any atom is -0.342 e. The zero-order valence-corrected chi connectivity index (χ0v) is 15.7. The monoisotopic (exact) mass is 384 g/mol. The zero-order valence-electron chi connectivity index (χ0n) is 14.9. The minimum atomic E-state index is -0.224. The first-order valence-electron chi connectivity index (χ1n) is 8.69. The SMILES string of the molecule is N#Cc1ccccc1Cn1cc(/C=N/NC(=O)c2cccs2)c2ccccc21. The summed E-state index contributed by atoms with van der Waals surface area (Å²) in [6.07, 6.45) is 3.64. The highest BCUT2D eigenvalue weighted by atomic mass is 32.1. The number of hydrogen-bond acceptors (Lipinski definition) is 4. The van der Waals surface area contributed by atoms with Gasteiger partial charge >= 0.3 is 0 Å². The van der Waals surface area contributed by atoms with Gasteiger partial charge in [-0.15, -0.1) is 11.3 Å². The Morgan fingerprint density at radius 2 is 1.96 bits per heavy atom. The Balaban J connectivity index is 1.62. The Morgan fingerprint density at radius 1 is 1.14 bits per heavy atom. The second-order valence-corrected chi connectivity index (χ2v) is 7.12. The van der Waals surface area contributed by atoms with Crippen LogP contribution in [0.25, 0.3) is 10.9 Å². The second-order valence-electron chi connectivity index (χ2n) is 6.17. The van der Waals surface area contributed by atoms with E-state index in [0.29, 0.717) is 17.0 Å². The highest BCUT2D eigenvalue weighted by Crippen LogP contribution is 2.22. The van der Waals surface area contributed by atoms with E-state index in [1.165, 1.54) is 11.3 Å². The number of nitriles is 1. The van der Waals surface area contributed by atoms with Crippen LogP contribution in [0.1, 0.15) is 26.4 Å². The molecule has 1 N–H and O–H groups in total. The van der Waals surface area contributed by atoms with Crippen molar-refractivity contribution in [3.63, 3.8) is 0 Å². The van der Waals surface area contributed by atoms with Crippen molar-refractivity contribution in [2.75, 3.05) is 0 Å². The summed E-state index contributed by atoms with van der Waals surface area (Å²) >= 11 is 1.37. The topological polar surface area (TPSA) is 70.2 Å². The third-order valence-corrected chi connectivity index (χ3v) is 5.28. The molecule has 0 atom stereocenters. The van der Waals surface area contributed by atoms with Crippen LogP contribution in [-0.2, 0) is 6.54 Å². The molecule has 4 aromatic rings. The third-order valence-electron chi connectivity index (χ3n) is 4.41. The Labute approximate surface area is 166 Å². The van der Waals surface area contributed by atoms with Crippen molar-refractivity contribution in [3.05, 3.63) is 93.8 Å². The highest BCUT2D eigenvalue weighted by Gasteiger charge is 2.09. The summed E-state index contributed by atoms with van der Waals surface area (Å²) in [6, 6.07) is 21.4. The number of hydrazone groups is 1. The lowest BCUT2D eigenvalue weighted by atomic mass is 10.1.